The molecule has 1 aromatic rings. The molecule has 0 aliphatic heterocycles. The Bertz CT molecular complexity index is 462. The third-order valence-electron chi connectivity index (χ3n) is 3.65. The minimum Gasteiger partial charge on any atom is -0.396 e. The van der Waals surface area contributed by atoms with Crippen LogP contribution in [0.4, 0.5) is 14.5 Å². The molecule has 1 saturated carbocycles. The molecule has 2 rings (SSSR count). The molecule has 4 nitrogen and oxygen atoms in total. The second-order valence-corrected chi connectivity index (χ2v) is 5.01. The van der Waals surface area contributed by atoms with E-state index in [1.807, 2.05) is 0 Å². The van der Waals surface area contributed by atoms with Gasteiger partial charge in [-0.15, -0.1) is 0 Å². The summed E-state index contributed by atoms with van der Waals surface area (Å²) < 4.78 is 26.7. The SMILES string of the molecule is O=C(CNC1CCCC1CO)Nc1c(F)cccc1F. The van der Waals surface area contributed by atoms with Gasteiger partial charge < -0.3 is 15.7 Å². The van der Waals surface area contributed by atoms with E-state index in [2.05, 4.69) is 10.6 Å². The van der Waals surface area contributed by atoms with Crippen LogP contribution in [0, 0.1) is 17.6 Å². The Hall–Kier alpha value is -1.53. The monoisotopic (exact) mass is 284 g/mol. The summed E-state index contributed by atoms with van der Waals surface area (Å²) in [6, 6.07) is 3.50. The summed E-state index contributed by atoms with van der Waals surface area (Å²) >= 11 is 0. The molecule has 1 amide bonds. The van der Waals surface area contributed by atoms with Crippen LogP contribution in [-0.4, -0.2) is 30.2 Å². The van der Waals surface area contributed by atoms with Gasteiger partial charge in [-0.05, 0) is 30.9 Å². The Morgan fingerprint density at radius 3 is 2.65 bits per heavy atom. The van der Waals surface area contributed by atoms with E-state index in [-0.39, 0.29) is 25.1 Å². The average molecular weight is 284 g/mol. The summed E-state index contributed by atoms with van der Waals surface area (Å²) in [5.74, 6) is -1.95. The van der Waals surface area contributed by atoms with Crippen LogP contribution in [0.3, 0.4) is 0 Å². The van der Waals surface area contributed by atoms with Gasteiger partial charge in [0.2, 0.25) is 5.91 Å². The quantitative estimate of drug-likeness (QED) is 0.770. The smallest absolute Gasteiger partial charge is 0.238 e. The summed E-state index contributed by atoms with van der Waals surface area (Å²) in [6.07, 6.45) is 2.83. The predicted octanol–water partition coefficient (Wildman–Crippen LogP) is 1.65. The number of nitrogens with one attached hydrogen (secondary N) is 2. The molecular formula is C14H18F2N2O2. The summed E-state index contributed by atoms with van der Waals surface area (Å²) in [5, 5.41) is 14.4. The zero-order chi connectivity index (χ0) is 14.5. The number of rotatable bonds is 5. The van der Waals surface area contributed by atoms with Crippen molar-refractivity contribution in [2.24, 2.45) is 5.92 Å². The van der Waals surface area contributed by atoms with Crippen LogP contribution in [0.5, 0.6) is 0 Å². The standard InChI is InChI=1S/C14H18F2N2O2/c15-10-4-2-5-11(16)14(10)18-13(20)7-17-12-6-1-3-9(12)8-19/h2,4-5,9,12,17,19H,1,3,6-8H2,(H,18,20). The fourth-order valence-corrected chi connectivity index (χ4v) is 2.55. The van der Waals surface area contributed by atoms with E-state index < -0.39 is 23.2 Å². The lowest BCUT2D eigenvalue weighted by Gasteiger charge is -2.18. The molecule has 0 saturated heterocycles. The van der Waals surface area contributed by atoms with E-state index in [0.29, 0.717) is 0 Å². The van der Waals surface area contributed by atoms with Crippen LogP contribution < -0.4 is 10.6 Å². The Kier molecular flexibility index (Phi) is 5.03. The van der Waals surface area contributed by atoms with E-state index in [1.165, 1.54) is 6.07 Å². The van der Waals surface area contributed by atoms with Gasteiger partial charge in [-0.25, -0.2) is 8.78 Å². The molecule has 2 atom stereocenters. The topological polar surface area (TPSA) is 61.4 Å². The highest BCUT2D eigenvalue weighted by atomic mass is 19.1. The Morgan fingerprint density at radius 2 is 2.00 bits per heavy atom. The van der Waals surface area contributed by atoms with Crippen LogP contribution in [0.2, 0.25) is 0 Å². The lowest BCUT2D eigenvalue weighted by Crippen LogP contribution is -2.39. The molecule has 110 valence electrons. The van der Waals surface area contributed by atoms with Crippen LogP contribution in [0.15, 0.2) is 18.2 Å². The average Bonchev–Trinajstić information content (AvgIpc) is 2.88. The van der Waals surface area contributed by atoms with Crippen molar-refractivity contribution in [2.45, 2.75) is 25.3 Å². The van der Waals surface area contributed by atoms with E-state index >= 15 is 0 Å². The highest BCUT2D eigenvalue weighted by Gasteiger charge is 2.26. The molecular weight excluding hydrogens is 266 g/mol. The number of hydrogen-bond acceptors (Lipinski definition) is 3. The second-order valence-electron chi connectivity index (χ2n) is 5.01. The van der Waals surface area contributed by atoms with Crippen molar-refractivity contribution >= 4 is 11.6 Å². The molecule has 0 aromatic heterocycles. The Balaban J connectivity index is 1.87. The van der Waals surface area contributed by atoms with E-state index in [1.54, 1.807) is 0 Å². The van der Waals surface area contributed by atoms with Crippen molar-refractivity contribution in [1.29, 1.82) is 0 Å². The Labute approximate surface area is 116 Å². The van der Waals surface area contributed by atoms with Gasteiger partial charge in [0.25, 0.3) is 0 Å². The summed E-state index contributed by atoms with van der Waals surface area (Å²) in [4.78, 5) is 11.7. The van der Waals surface area contributed by atoms with Gasteiger partial charge in [0.15, 0.2) is 0 Å². The highest BCUT2D eigenvalue weighted by Crippen LogP contribution is 2.25. The molecule has 3 N–H and O–H groups in total. The maximum atomic E-state index is 13.4. The van der Waals surface area contributed by atoms with Gasteiger partial charge in [0.1, 0.15) is 17.3 Å². The molecule has 1 fully saturated rings. The lowest BCUT2D eigenvalue weighted by molar-refractivity contribution is -0.115. The van der Waals surface area contributed by atoms with Crippen LogP contribution in [0.25, 0.3) is 0 Å². The fourth-order valence-electron chi connectivity index (χ4n) is 2.55. The summed E-state index contributed by atoms with van der Waals surface area (Å²) in [7, 11) is 0. The Morgan fingerprint density at radius 1 is 1.30 bits per heavy atom. The van der Waals surface area contributed by atoms with Gasteiger partial charge in [0, 0.05) is 12.6 Å². The zero-order valence-electron chi connectivity index (χ0n) is 11.0. The molecule has 0 spiro atoms. The molecule has 1 aliphatic carbocycles. The van der Waals surface area contributed by atoms with E-state index in [4.69, 9.17) is 5.11 Å². The first-order chi connectivity index (χ1) is 9.61. The van der Waals surface area contributed by atoms with Crippen LogP contribution in [0.1, 0.15) is 19.3 Å². The number of hydrogen-bond donors (Lipinski definition) is 3. The van der Waals surface area contributed by atoms with Crippen LogP contribution >= 0.6 is 0 Å². The van der Waals surface area contributed by atoms with Gasteiger partial charge in [-0.1, -0.05) is 12.5 Å². The summed E-state index contributed by atoms with van der Waals surface area (Å²) in [6.45, 7) is 0.0518. The van der Waals surface area contributed by atoms with Crippen molar-refractivity contribution < 1.29 is 18.7 Å². The van der Waals surface area contributed by atoms with E-state index in [9.17, 15) is 13.6 Å². The van der Waals surface area contributed by atoms with Crippen molar-refractivity contribution in [3.8, 4) is 0 Å². The molecule has 0 heterocycles. The third-order valence-corrected chi connectivity index (χ3v) is 3.65. The molecule has 6 heteroatoms. The van der Waals surface area contributed by atoms with Gasteiger partial charge in [-0.3, -0.25) is 4.79 Å². The first-order valence-electron chi connectivity index (χ1n) is 6.70. The molecule has 2 unspecified atom stereocenters. The maximum absolute atomic E-state index is 13.4. The van der Waals surface area contributed by atoms with Gasteiger partial charge in [0.05, 0.1) is 6.54 Å². The number of anilines is 1. The highest BCUT2D eigenvalue weighted by molar-refractivity contribution is 5.92. The molecule has 0 bridgehead atoms. The number of benzene rings is 1. The number of carbonyl (C=O) groups is 1. The summed E-state index contributed by atoms with van der Waals surface area (Å²) in [5.41, 5.74) is -0.426. The molecule has 0 radical (unpaired) electrons. The van der Waals surface area contributed by atoms with Gasteiger partial charge >= 0.3 is 0 Å². The largest absolute Gasteiger partial charge is 0.396 e. The number of amides is 1. The number of aliphatic hydroxyl groups excluding tert-OH is 1. The molecule has 20 heavy (non-hydrogen) atoms. The fraction of sp³-hybridized carbons (Fsp3) is 0.500. The van der Waals surface area contributed by atoms with Crippen molar-refractivity contribution in [2.75, 3.05) is 18.5 Å². The lowest BCUT2D eigenvalue weighted by atomic mass is 10.1. The molecule has 1 aliphatic rings. The second kappa shape index (κ2) is 6.76. The first-order valence-corrected chi connectivity index (χ1v) is 6.70. The third kappa shape index (κ3) is 3.52. The van der Waals surface area contributed by atoms with Gasteiger partial charge in [-0.2, -0.15) is 0 Å². The van der Waals surface area contributed by atoms with Crippen LogP contribution in [-0.2, 0) is 4.79 Å². The van der Waals surface area contributed by atoms with E-state index in [0.717, 1.165) is 31.4 Å². The zero-order valence-corrected chi connectivity index (χ0v) is 11.0. The van der Waals surface area contributed by atoms with Crippen molar-refractivity contribution in [3.05, 3.63) is 29.8 Å². The number of aliphatic hydroxyl groups is 1. The van der Waals surface area contributed by atoms with Crippen molar-refractivity contribution in [3.63, 3.8) is 0 Å². The normalized spacial score (nSPS) is 21.9. The predicted molar refractivity (Wildman–Crippen MR) is 71.2 cm³/mol. The number of para-hydroxylation sites is 1. The number of carbonyl (C=O) groups excluding carboxylic acids is 1. The minimum absolute atomic E-state index is 0.0328. The maximum Gasteiger partial charge on any atom is 0.238 e. The number of halogens is 2. The molecule has 1 aromatic carbocycles. The first kappa shape index (κ1) is 14.9. The van der Waals surface area contributed by atoms with Crippen molar-refractivity contribution in [1.82, 2.24) is 5.32 Å². The minimum atomic E-state index is -0.799.